The Labute approximate surface area is 124 Å². The van der Waals surface area contributed by atoms with Gasteiger partial charge in [0.1, 0.15) is 5.75 Å². The van der Waals surface area contributed by atoms with Gasteiger partial charge in [0, 0.05) is 0 Å². The third-order valence-corrected chi connectivity index (χ3v) is 4.44. The summed E-state index contributed by atoms with van der Waals surface area (Å²) in [5.74, 6) is 0.702. The Morgan fingerprint density at radius 2 is 2.00 bits per heavy atom. The molecule has 0 aliphatic carbocycles. The first-order valence-electron chi connectivity index (χ1n) is 4.00. The molecule has 1 aromatic rings. The summed E-state index contributed by atoms with van der Waals surface area (Å²) in [6.07, 6.45) is 0. The topological polar surface area (TPSA) is 59.3 Å². The van der Waals surface area contributed by atoms with Gasteiger partial charge in [-0.3, -0.25) is 10.9 Å². The SMILES string of the molecule is COc1c(Br)cc(NNC(N)=S)c(Br)c1Br. The Morgan fingerprint density at radius 3 is 2.50 bits per heavy atom. The molecular formula is C8H8Br3N3OS. The summed E-state index contributed by atoms with van der Waals surface area (Å²) in [6, 6.07) is 1.83. The Balaban J connectivity index is 3.08. The first-order chi connectivity index (χ1) is 7.47. The molecule has 4 nitrogen and oxygen atoms in total. The van der Waals surface area contributed by atoms with Crippen molar-refractivity contribution >= 4 is 70.8 Å². The van der Waals surface area contributed by atoms with Crippen LogP contribution in [-0.2, 0) is 0 Å². The minimum Gasteiger partial charge on any atom is -0.494 e. The highest BCUT2D eigenvalue weighted by molar-refractivity contribution is 9.13. The average molecular weight is 434 g/mol. The van der Waals surface area contributed by atoms with Gasteiger partial charge in [-0.05, 0) is 66.1 Å². The highest BCUT2D eigenvalue weighted by Crippen LogP contribution is 2.42. The van der Waals surface area contributed by atoms with Crippen molar-refractivity contribution in [1.29, 1.82) is 0 Å². The predicted octanol–water partition coefficient (Wildman–Crippen LogP) is 3.14. The number of halogens is 3. The number of anilines is 1. The molecule has 4 N–H and O–H groups in total. The molecule has 0 amide bonds. The molecule has 0 saturated heterocycles. The fourth-order valence-electron chi connectivity index (χ4n) is 0.985. The van der Waals surface area contributed by atoms with E-state index in [9.17, 15) is 0 Å². The zero-order chi connectivity index (χ0) is 12.3. The van der Waals surface area contributed by atoms with Gasteiger partial charge in [-0.2, -0.15) is 0 Å². The molecule has 0 heterocycles. The lowest BCUT2D eigenvalue weighted by Crippen LogP contribution is -2.34. The van der Waals surface area contributed by atoms with E-state index in [2.05, 4.69) is 58.6 Å². The summed E-state index contributed by atoms with van der Waals surface area (Å²) in [7, 11) is 1.59. The molecule has 1 aromatic carbocycles. The van der Waals surface area contributed by atoms with Crippen LogP contribution in [0.5, 0.6) is 5.75 Å². The minimum absolute atomic E-state index is 0.162. The molecule has 0 spiro atoms. The molecule has 88 valence electrons. The second-order valence-electron chi connectivity index (χ2n) is 2.68. The second-order valence-corrected chi connectivity index (χ2v) is 5.56. The molecule has 0 aliphatic heterocycles. The van der Waals surface area contributed by atoms with Gasteiger partial charge in [0.25, 0.3) is 0 Å². The molecule has 8 heteroatoms. The van der Waals surface area contributed by atoms with Gasteiger partial charge >= 0.3 is 0 Å². The van der Waals surface area contributed by atoms with Crippen LogP contribution in [0.1, 0.15) is 0 Å². The van der Waals surface area contributed by atoms with Crippen molar-refractivity contribution in [3.05, 3.63) is 19.5 Å². The molecule has 1 rings (SSSR count). The van der Waals surface area contributed by atoms with E-state index in [1.54, 1.807) is 7.11 Å². The predicted molar refractivity (Wildman–Crippen MR) is 79.6 cm³/mol. The summed E-state index contributed by atoms with van der Waals surface area (Å²) in [4.78, 5) is 0. The van der Waals surface area contributed by atoms with E-state index in [1.165, 1.54) is 0 Å². The molecular weight excluding hydrogens is 426 g/mol. The molecule has 0 unspecified atom stereocenters. The molecule has 0 fully saturated rings. The zero-order valence-corrected chi connectivity index (χ0v) is 13.7. The number of hydrogen-bond donors (Lipinski definition) is 3. The Kier molecular flexibility index (Phi) is 5.29. The Morgan fingerprint density at radius 1 is 1.38 bits per heavy atom. The standard InChI is InChI=1S/C8H8Br3N3OS/c1-15-7-3(9)2-4(5(10)6(7)11)13-14-8(12)16/h2,13H,1H3,(H3,12,14,16). The minimum atomic E-state index is 0.162. The number of nitrogens with one attached hydrogen (secondary N) is 2. The number of nitrogens with two attached hydrogens (primary N) is 1. The van der Waals surface area contributed by atoms with Crippen molar-refractivity contribution < 1.29 is 4.74 Å². The van der Waals surface area contributed by atoms with Crippen LogP contribution in [0.2, 0.25) is 0 Å². The van der Waals surface area contributed by atoms with Crippen molar-refractivity contribution in [2.75, 3.05) is 12.5 Å². The number of hydrogen-bond acceptors (Lipinski definition) is 3. The molecule has 0 saturated carbocycles. The van der Waals surface area contributed by atoms with Gasteiger partial charge in [-0.25, -0.2) is 0 Å². The van der Waals surface area contributed by atoms with E-state index in [4.69, 9.17) is 22.7 Å². The maximum atomic E-state index is 5.32. The van der Waals surface area contributed by atoms with E-state index in [0.717, 1.165) is 19.1 Å². The molecule has 16 heavy (non-hydrogen) atoms. The van der Waals surface area contributed by atoms with E-state index in [1.807, 2.05) is 6.07 Å². The first-order valence-corrected chi connectivity index (χ1v) is 6.79. The van der Waals surface area contributed by atoms with Crippen molar-refractivity contribution in [3.8, 4) is 5.75 Å². The Bertz CT molecular complexity index is 427. The van der Waals surface area contributed by atoms with Crippen LogP contribution in [0.15, 0.2) is 19.5 Å². The maximum absolute atomic E-state index is 5.32. The number of rotatable bonds is 3. The lowest BCUT2D eigenvalue weighted by molar-refractivity contribution is 0.409. The van der Waals surface area contributed by atoms with E-state index in [0.29, 0.717) is 5.75 Å². The second kappa shape index (κ2) is 6.04. The summed E-state index contributed by atoms with van der Waals surface area (Å²) >= 11 is 14.9. The van der Waals surface area contributed by atoms with Gasteiger partial charge in [-0.1, -0.05) is 0 Å². The highest BCUT2D eigenvalue weighted by atomic mass is 79.9. The van der Waals surface area contributed by atoms with Crippen molar-refractivity contribution in [2.24, 2.45) is 5.73 Å². The summed E-state index contributed by atoms with van der Waals surface area (Å²) in [5, 5.41) is 0.162. The Hall–Kier alpha value is -0.0500. The van der Waals surface area contributed by atoms with E-state index >= 15 is 0 Å². The summed E-state index contributed by atoms with van der Waals surface area (Å²) < 4.78 is 7.61. The van der Waals surface area contributed by atoms with Gasteiger partial charge in [0.05, 0.1) is 26.2 Å². The normalized spacial score (nSPS) is 9.75. The number of hydrazine groups is 1. The third kappa shape index (κ3) is 3.22. The lowest BCUT2D eigenvalue weighted by Gasteiger charge is -2.14. The third-order valence-electron chi connectivity index (χ3n) is 1.64. The molecule has 0 radical (unpaired) electrons. The fourth-order valence-corrected chi connectivity index (χ4v) is 2.87. The maximum Gasteiger partial charge on any atom is 0.182 e. The number of methoxy groups -OCH3 is 1. The van der Waals surface area contributed by atoms with Crippen LogP contribution in [0, 0.1) is 0 Å². The summed E-state index contributed by atoms with van der Waals surface area (Å²) in [6.45, 7) is 0. The number of ether oxygens (including phenoxy) is 1. The van der Waals surface area contributed by atoms with E-state index < -0.39 is 0 Å². The van der Waals surface area contributed by atoms with Crippen LogP contribution in [-0.4, -0.2) is 12.2 Å². The number of thiocarbonyl (C=S) groups is 1. The van der Waals surface area contributed by atoms with Crippen LogP contribution in [0.4, 0.5) is 5.69 Å². The quantitative estimate of drug-likeness (QED) is 0.388. The van der Waals surface area contributed by atoms with Crippen molar-refractivity contribution in [2.45, 2.75) is 0 Å². The van der Waals surface area contributed by atoms with Gasteiger partial charge < -0.3 is 10.5 Å². The first kappa shape index (κ1) is 14.0. The van der Waals surface area contributed by atoms with Gasteiger partial charge in [0.2, 0.25) is 0 Å². The van der Waals surface area contributed by atoms with Gasteiger partial charge in [0.15, 0.2) is 5.11 Å². The molecule has 0 aliphatic rings. The monoisotopic (exact) mass is 431 g/mol. The van der Waals surface area contributed by atoms with E-state index in [-0.39, 0.29) is 5.11 Å². The summed E-state index contributed by atoms with van der Waals surface area (Å²) in [5.41, 5.74) is 11.6. The zero-order valence-electron chi connectivity index (χ0n) is 8.11. The van der Waals surface area contributed by atoms with Crippen LogP contribution >= 0.6 is 60.0 Å². The van der Waals surface area contributed by atoms with Gasteiger partial charge in [-0.15, -0.1) is 0 Å². The highest BCUT2D eigenvalue weighted by Gasteiger charge is 2.13. The molecule has 0 atom stereocenters. The number of benzene rings is 1. The van der Waals surface area contributed by atoms with Crippen LogP contribution < -0.4 is 21.3 Å². The largest absolute Gasteiger partial charge is 0.494 e. The lowest BCUT2D eigenvalue weighted by atomic mass is 10.3. The molecule has 0 bridgehead atoms. The van der Waals surface area contributed by atoms with Crippen molar-refractivity contribution in [1.82, 2.24) is 5.43 Å². The molecule has 0 aromatic heterocycles. The average Bonchev–Trinajstić information content (AvgIpc) is 2.22. The van der Waals surface area contributed by atoms with Crippen LogP contribution in [0.3, 0.4) is 0 Å². The fraction of sp³-hybridized carbons (Fsp3) is 0.125. The van der Waals surface area contributed by atoms with Crippen LogP contribution in [0.25, 0.3) is 0 Å². The van der Waals surface area contributed by atoms with Crippen molar-refractivity contribution in [3.63, 3.8) is 0 Å². The smallest absolute Gasteiger partial charge is 0.182 e.